The van der Waals surface area contributed by atoms with Crippen LogP contribution in [-0.2, 0) is 11.5 Å². The van der Waals surface area contributed by atoms with Crippen LogP contribution >= 0.6 is 32.9 Å². The molecule has 0 heterocycles. The zero-order chi connectivity index (χ0) is 10.1. The number of halogens is 6. The highest BCUT2D eigenvalue weighted by molar-refractivity contribution is 9.08. The molecule has 80 valence electrons. The van der Waals surface area contributed by atoms with Crippen LogP contribution in [0.2, 0.25) is 0 Å². The highest BCUT2D eigenvalue weighted by Gasteiger charge is 2.33. The molecule has 0 nitrogen and oxygen atoms in total. The van der Waals surface area contributed by atoms with E-state index in [1.807, 2.05) is 0 Å². The van der Waals surface area contributed by atoms with Crippen molar-refractivity contribution in [2.24, 2.45) is 0 Å². The summed E-state index contributed by atoms with van der Waals surface area (Å²) in [4.78, 5) is 0. The Kier molecular flexibility index (Phi) is 5.08. The summed E-state index contributed by atoms with van der Waals surface area (Å²) in [7, 11) is 0. The van der Waals surface area contributed by atoms with Crippen molar-refractivity contribution in [3.63, 3.8) is 0 Å². The van der Waals surface area contributed by atoms with Crippen LogP contribution in [0.3, 0.4) is 0 Å². The molecule has 0 aliphatic rings. The van der Waals surface area contributed by atoms with E-state index in [0.29, 0.717) is 10.9 Å². The molecule has 1 aromatic carbocycles. The minimum atomic E-state index is -4.62. The van der Waals surface area contributed by atoms with Crippen molar-refractivity contribution in [2.45, 2.75) is 11.5 Å². The second kappa shape index (κ2) is 5.11. The third-order valence-electron chi connectivity index (χ3n) is 1.49. The van der Waals surface area contributed by atoms with Crippen LogP contribution in [0.4, 0.5) is 17.6 Å². The topological polar surface area (TPSA) is 0 Å². The monoisotopic (exact) mass is 336 g/mol. The van der Waals surface area contributed by atoms with Gasteiger partial charge in [-0.2, -0.15) is 13.2 Å². The summed E-state index contributed by atoms with van der Waals surface area (Å²) in [6.45, 7) is 0. The fourth-order valence-corrected chi connectivity index (χ4v) is 1.22. The lowest BCUT2D eigenvalue weighted by Crippen LogP contribution is -2.08. The van der Waals surface area contributed by atoms with Crippen molar-refractivity contribution in [1.82, 2.24) is 0 Å². The largest absolute Gasteiger partial charge is 0.419 e. The summed E-state index contributed by atoms with van der Waals surface area (Å²) in [5, 5.41) is 0.335. The first-order valence-corrected chi connectivity index (χ1v) is 4.49. The Morgan fingerprint density at radius 1 is 1.21 bits per heavy atom. The van der Waals surface area contributed by atoms with E-state index in [9.17, 15) is 17.6 Å². The Morgan fingerprint density at radius 2 is 1.79 bits per heavy atom. The third kappa shape index (κ3) is 3.24. The van der Waals surface area contributed by atoms with E-state index in [2.05, 4.69) is 15.9 Å². The zero-order valence-corrected chi connectivity index (χ0v) is 10.0. The van der Waals surface area contributed by atoms with Gasteiger partial charge in [-0.25, -0.2) is 4.39 Å². The van der Waals surface area contributed by atoms with Crippen LogP contribution in [0.5, 0.6) is 0 Å². The molecule has 0 fully saturated rings. The molecule has 0 radical (unpaired) electrons. The van der Waals surface area contributed by atoms with Gasteiger partial charge in [0.2, 0.25) is 0 Å². The van der Waals surface area contributed by atoms with Gasteiger partial charge in [-0.15, -0.1) is 17.0 Å². The van der Waals surface area contributed by atoms with Crippen LogP contribution in [-0.4, -0.2) is 0 Å². The second-order valence-electron chi connectivity index (χ2n) is 2.45. The molecule has 0 aliphatic heterocycles. The van der Waals surface area contributed by atoms with Gasteiger partial charge in [0.1, 0.15) is 5.82 Å². The standard InChI is InChI=1S/C8H5BrF4.BrH/c9-4-5-1-2-6(7(10)3-5)8(11,12)13;/h1-3H,4H2;1H. The van der Waals surface area contributed by atoms with Gasteiger partial charge in [0.05, 0.1) is 5.56 Å². The van der Waals surface area contributed by atoms with E-state index in [-0.39, 0.29) is 17.0 Å². The molecule has 0 unspecified atom stereocenters. The maximum Gasteiger partial charge on any atom is 0.419 e. The van der Waals surface area contributed by atoms with E-state index >= 15 is 0 Å². The normalized spacial score (nSPS) is 10.9. The van der Waals surface area contributed by atoms with E-state index in [4.69, 9.17) is 0 Å². The van der Waals surface area contributed by atoms with Crippen LogP contribution in [0.1, 0.15) is 11.1 Å². The van der Waals surface area contributed by atoms with Gasteiger partial charge in [0.15, 0.2) is 0 Å². The first-order valence-electron chi connectivity index (χ1n) is 3.36. The van der Waals surface area contributed by atoms with Gasteiger partial charge in [0, 0.05) is 5.33 Å². The average Bonchev–Trinajstić information content (AvgIpc) is 2.01. The van der Waals surface area contributed by atoms with Gasteiger partial charge in [-0.05, 0) is 17.7 Å². The molecular formula is C8H6Br2F4. The summed E-state index contributed by atoms with van der Waals surface area (Å²) >= 11 is 3.02. The maximum absolute atomic E-state index is 12.8. The first-order chi connectivity index (χ1) is 5.95. The van der Waals surface area contributed by atoms with E-state index in [1.54, 1.807) is 0 Å². The minimum Gasteiger partial charge on any atom is -0.206 e. The molecule has 0 saturated heterocycles. The summed E-state index contributed by atoms with van der Waals surface area (Å²) in [6, 6.07) is 2.85. The Morgan fingerprint density at radius 3 is 2.14 bits per heavy atom. The summed E-state index contributed by atoms with van der Waals surface area (Å²) < 4.78 is 48.9. The van der Waals surface area contributed by atoms with E-state index in [0.717, 1.165) is 12.1 Å². The summed E-state index contributed by atoms with van der Waals surface area (Å²) in [5.41, 5.74) is -0.748. The van der Waals surface area contributed by atoms with E-state index in [1.165, 1.54) is 6.07 Å². The molecular weight excluding hydrogens is 332 g/mol. The Balaban J connectivity index is 0.00000169. The van der Waals surface area contributed by atoms with Crippen molar-refractivity contribution < 1.29 is 17.6 Å². The number of hydrogen-bond acceptors (Lipinski definition) is 0. The zero-order valence-electron chi connectivity index (χ0n) is 6.74. The number of benzene rings is 1. The maximum atomic E-state index is 12.8. The highest BCUT2D eigenvalue weighted by atomic mass is 79.9. The molecule has 0 aliphatic carbocycles. The van der Waals surface area contributed by atoms with Crippen molar-refractivity contribution in [2.75, 3.05) is 0 Å². The molecule has 0 amide bonds. The minimum absolute atomic E-state index is 0. The van der Waals surface area contributed by atoms with Gasteiger partial charge >= 0.3 is 6.18 Å². The third-order valence-corrected chi connectivity index (χ3v) is 2.14. The lowest BCUT2D eigenvalue weighted by Gasteiger charge is -2.08. The van der Waals surface area contributed by atoms with Crippen molar-refractivity contribution >= 4 is 32.9 Å². The van der Waals surface area contributed by atoms with E-state index < -0.39 is 17.6 Å². The molecule has 0 aromatic heterocycles. The van der Waals surface area contributed by atoms with Gasteiger partial charge in [-0.3, -0.25) is 0 Å². The molecule has 0 saturated carbocycles. The Hall–Kier alpha value is -0.100. The second-order valence-corrected chi connectivity index (χ2v) is 3.01. The SMILES string of the molecule is Br.Fc1cc(CBr)ccc1C(F)(F)F. The van der Waals surface area contributed by atoms with Gasteiger partial charge < -0.3 is 0 Å². The average molecular weight is 338 g/mol. The van der Waals surface area contributed by atoms with Crippen LogP contribution < -0.4 is 0 Å². The number of rotatable bonds is 1. The number of hydrogen-bond donors (Lipinski definition) is 0. The smallest absolute Gasteiger partial charge is 0.206 e. The molecule has 14 heavy (non-hydrogen) atoms. The molecule has 1 aromatic rings. The molecule has 0 spiro atoms. The Labute approximate surface area is 97.2 Å². The molecule has 1 rings (SSSR count). The fraction of sp³-hybridized carbons (Fsp3) is 0.250. The highest BCUT2D eigenvalue weighted by Crippen LogP contribution is 2.31. The molecule has 6 heteroatoms. The Bertz CT molecular complexity index is 309. The molecule has 0 bridgehead atoms. The fourth-order valence-electron chi connectivity index (χ4n) is 0.872. The first kappa shape index (κ1) is 13.9. The molecule has 0 N–H and O–H groups in total. The predicted molar refractivity (Wildman–Crippen MR) is 54.4 cm³/mol. The van der Waals surface area contributed by atoms with Crippen LogP contribution in [0, 0.1) is 5.82 Å². The predicted octanol–water partition coefficient (Wildman–Crippen LogP) is 4.32. The van der Waals surface area contributed by atoms with Crippen LogP contribution in [0.15, 0.2) is 18.2 Å². The van der Waals surface area contributed by atoms with Crippen LogP contribution in [0.25, 0.3) is 0 Å². The number of alkyl halides is 4. The quantitative estimate of drug-likeness (QED) is 0.529. The lowest BCUT2D eigenvalue weighted by atomic mass is 10.1. The summed E-state index contributed by atoms with van der Waals surface area (Å²) in [5.74, 6) is -1.23. The molecule has 0 atom stereocenters. The van der Waals surface area contributed by atoms with Crippen molar-refractivity contribution in [1.29, 1.82) is 0 Å². The summed E-state index contributed by atoms with van der Waals surface area (Å²) in [6.07, 6.45) is -4.62. The van der Waals surface area contributed by atoms with Crippen molar-refractivity contribution in [3.8, 4) is 0 Å². The van der Waals surface area contributed by atoms with Gasteiger partial charge in [-0.1, -0.05) is 22.0 Å². The van der Waals surface area contributed by atoms with Crippen molar-refractivity contribution in [3.05, 3.63) is 35.1 Å². The van der Waals surface area contributed by atoms with Gasteiger partial charge in [0.25, 0.3) is 0 Å². The lowest BCUT2D eigenvalue weighted by molar-refractivity contribution is -0.140.